The normalized spacial score (nSPS) is 13.1. The van der Waals surface area contributed by atoms with Crippen LogP contribution in [0.1, 0.15) is 36.7 Å². The third-order valence-electron chi connectivity index (χ3n) is 3.24. The number of aromatic nitrogens is 2. The van der Waals surface area contributed by atoms with Gasteiger partial charge in [-0.2, -0.15) is 5.10 Å². The summed E-state index contributed by atoms with van der Waals surface area (Å²) in [5.41, 5.74) is 3.80. The van der Waals surface area contributed by atoms with E-state index in [0.717, 1.165) is 12.2 Å². The Balaban J connectivity index is 2.47. The summed E-state index contributed by atoms with van der Waals surface area (Å²) in [6, 6.07) is 0.600. The average Bonchev–Trinajstić information content (AvgIpc) is 2.46. The minimum atomic E-state index is 0.600. The van der Waals surface area contributed by atoms with Crippen molar-refractivity contribution in [1.82, 2.24) is 15.1 Å². The first-order valence-electron chi connectivity index (χ1n) is 5.74. The van der Waals surface area contributed by atoms with Crippen molar-refractivity contribution in [3.63, 3.8) is 0 Å². The van der Waals surface area contributed by atoms with Crippen molar-refractivity contribution in [2.45, 2.75) is 53.1 Å². The van der Waals surface area contributed by atoms with E-state index in [1.165, 1.54) is 24.1 Å². The monoisotopic (exact) mass is 209 g/mol. The summed E-state index contributed by atoms with van der Waals surface area (Å²) >= 11 is 0. The fourth-order valence-electron chi connectivity index (χ4n) is 1.70. The number of aryl methyl sites for hydroxylation is 2. The first kappa shape index (κ1) is 12.2. The Kier molecular flexibility index (Phi) is 4.33. The first-order valence-corrected chi connectivity index (χ1v) is 5.74. The van der Waals surface area contributed by atoms with Crippen LogP contribution in [0.5, 0.6) is 0 Å². The highest BCUT2D eigenvalue weighted by Crippen LogP contribution is 2.11. The highest BCUT2D eigenvalue weighted by Gasteiger charge is 2.06. The summed E-state index contributed by atoms with van der Waals surface area (Å²) in [5, 5.41) is 7.78. The van der Waals surface area contributed by atoms with Crippen LogP contribution < -0.4 is 5.32 Å². The van der Waals surface area contributed by atoms with E-state index in [4.69, 9.17) is 0 Å². The molecule has 0 aromatic carbocycles. The highest BCUT2D eigenvalue weighted by molar-refractivity contribution is 5.21. The third kappa shape index (κ3) is 3.06. The number of nitrogens with one attached hydrogen (secondary N) is 1. The van der Waals surface area contributed by atoms with Crippen molar-refractivity contribution in [1.29, 1.82) is 0 Å². The van der Waals surface area contributed by atoms with Gasteiger partial charge in [-0.15, -0.1) is 0 Å². The van der Waals surface area contributed by atoms with Crippen LogP contribution in [-0.4, -0.2) is 22.9 Å². The minimum absolute atomic E-state index is 0.600. The zero-order chi connectivity index (χ0) is 11.4. The topological polar surface area (TPSA) is 29.9 Å². The van der Waals surface area contributed by atoms with Crippen molar-refractivity contribution in [3.05, 3.63) is 17.0 Å². The smallest absolute Gasteiger partial charge is 0.0625 e. The van der Waals surface area contributed by atoms with E-state index in [1.54, 1.807) is 0 Å². The molecule has 0 saturated heterocycles. The van der Waals surface area contributed by atoms with Gasteiger partial charge in [-0.3, -0.25) is 4.68 Å². The SMILES string of the molecule is CNC(C)CCCn1nc(C)c(C)c1C. The van der Waals surface area contributed by atoms with Gasteiger partial charge < -0.3 is 5.32 Å². The Bertz CT molecular complexity index is 315. The summed E-state index contributed by atoms with van der Waals surface area (Å²) < 4.78 is 2.13. The molecule has 3 heteroatoms. The molecule has 1 atom stereocenters. The molecule has 1 unspecified atom stereocenters. The summed E-state index contributed by atoms with van der Waals surface area (Å²) in [5.74, 6) is 0. The highest BCUT2D eigenvalue weighted by atomic mass is 15.3. The summed E-state index contributed by atoms with van der Waals surface area (Å²) in [6.45, 7) is 9.62. The molecular weight excluding hydrogens is 186 g/mol. The van der Waals surface area contributed by atoms with Crippen molar-refractivity contribution >= 4 is 0 Å². The molecule has 0 bridgehead atoms. The minimum Gasteiger partial charge on any atom is -0.317 e. The Labute approximate surface area is 92.9 Å². The van der Waals surface area contributed by atoms with Crippen LogP contribution in [0.2, 0.25) is 0 Å². The molecule has 0 amide bonds. The molecule has 0 radical (unpaired) electrons. The van der Waals surface area contributed by atoms with Gasteiger partial charge in [-0.25, -0.2) is 0 Å². The van der Waals surface area contributed by atoms with Gasteiger partial charge in [0, 0.05) is 18.3 Å². The van der Waals surface area contributed by atoms with Crippen LogP contribution in [0.3, 0.4) is 0 Å². The molecule has 86 valence electrons. The molecule has 1 rings (SSSR count). The summed E-state index contributed by atoms with van der Waals surface area (Å²) in [6.07, 6.45) is 2.39. The maximum absolute atomic E-state index is 4.53. The van der Waals surface area contributed by atoms with Gasteiger partial charge in [0.1, 0.15) is 0 Å². The van der Waals surface area contributed by atoms with Crippen molar-refractivity contribution in [2.75, 3.05) is 7.05 Å². The molecule has 1 N–H and O–H groups in total. The summed E-state index contributed by atoms with van der Waals surface area (Å²) in [4.78, 5) is 0. The molecule has 0 aliphatic heterocycles. The van der Waals surface area contributed by atoms with Crippen LogP contribution in [0.25, 0.3) is 0 Å². The second-order valence-corrected chi connectivity index (χ2v) is 4.35. The Morgan fingerprint density at radius 2 is 2.00 bits per heavy atom. The predicted molar refractivity (Wildman–Crippen MR) is 64.2 cm³/mol. The molecule has 3 nitrogen and oxygen atoms in total. The third-order valence-corrected chi connectivity index (χ3v) is 3.24. The van der Waals surface area contributed by atoms with Crippen LogP contribution in [0, 0.1) is 20.8 Å². The van der Waals surface area contributed by atoms with Gasteiger partial charge >= 0.3 is 0 Å². The number of hydrogen-bond donors (Lipinski definition) is 1. The maximum atomic E-state index is 4.53. The van der Waals surface area contributed by atoms with Crippen LogP contribution >= 0.6 is 0 Å². The van der Waals surface area contributed by atoms with Gasteiger partial charge in [0.2, 0.25) is 0 Å². The molecule has 0 fully saturated rings. The molecule has 1 aromatic rings. The first-order chi connectivity index (χ1) is 7.06. The van der Waals surface area contributed by atoms with E-state index in [-0.39, 0.29) is 0 Å². The quantitative estimate of drug-likeness (QED) is 0.805. The van der Waals surface area contributed by atoms with Crippen LogP contribution in [-0.2, 0) is 6.54 Å². The molecule has 0 aliphatic carbocycles. The van der Waals surface area contributed by atoms with E-state index < -0.39 is 0 Å². The lowest BCUT2D eigenvalue weighted by atomic mass is 10.2. The lowest BCUT2D eigenvalue weighted by Crippen LogP contribution is -2.21. The number of rotatable bonds is 5. The van der Waals surface area contributed by atoms with Gasteiger partial charge in [0.15, 0.2) is 0 Å². The zero-order valence-electron chi connectivity index (χ0n) is 10.6. The predicted octanol–water partition coefficient (Wildman–Crippen LogP) is 2.20. The van der Waals surface area contributed by atoms with Crippen molar-refractivity contribution < 1.29 is 0 Å². The molecule has 1 heterocycles. The van der Waals surface area contributed by atoms with Crippen LogP contribution in [0.15, 0.2) is 0 Å². The molecule has 0 aliphatic rings. The van der Waals surface area contributed by atoms with E-state index in [2.05, 4.69) is 42.8 Å². The Hall–Kier alpha value is -0.830. The standard InChI is InChI=1S/C12H23N3/c1-9(13-5)7-6-8-15-12(4)10(2)11(3)14-15/h9,13H,6-8H2,1-5H3. The maximum Gasteiger partial charge on any atom is 0.0625 e. The largest absolute Gasteiger partial charge is 0.317 e. The Morgan fingerprint density at radius 3 is 2.47 bits per heavy atom. The number of hydrogen-bond acceptors (Lipinski definition) is 2. The average molecular weight is 209 g/mol. The van der Waals surface area contributed by atoms with Crippen molar-refractivity contribution in [3.8, 4) is 0 Å². The lowest BCUT2D eigenvalue weighted by molar-refractivity contribution is 0.482. The second-order valence-electron chi connectivity index (χ2n) is 4.35. The lowest BCUT2D eigenvalue weighted by Gasteiger charge is -2.10. The number of nitrogens with zero attached hydrogens (tertiary/aromatic N) is 2. The van der Waals surface area contributed by atoms with E-state index in [9.17, 15) is 0 Å². The molecule has 0 spiro atoms. The fourth-order valence-corrected chi connectivity index (χ4v) is 1.70. The second kappa shape index (κ2) is 5.31. The van der Waals surface area contributed by atoms with E-state index >= 15 is 0 Å². The molecule has 0 saturated carbocycles. The molecule has 1 aromatic heterocycles. The van der Waals surface area contributed by atoms with Crippen LogP contribution in [0.4, 0.5) is 0 Å². The molecular formula is C12H23N3. The van der Waals surface area contributed by atoms with Gasteiger partial charge in [-0.05, 0) is 53.1 Å². The van der Waals surface area contributed by atoms with Gasteiger partial charge in [0.25, 0.3) is 0 Å². The van der Waals surface area contributed by atoms with Gasteiger partial charge in [-0.1, -0.05) is 0 Å². The van der Waals surface area contributed by atoms with Gasteiger partial charge in [0.05, 0.1) is 5.69 Å². The summed E-state index contributed by atoms with van der Waals surface area (Å²) in [7, 11) is 2.01. The van der Waals surface area contributed by atoms with E-state index in [0.29, 0.717) is 6.04 Å². The fraction of sp³-hybridized carbons (Fsp3) is 0.750. The van der Waals surface area contributed by atoms with E-state index in [1.807, 2.05) is 7.05 Å². The molecule has 15 heavy (non-hydrogen) atoms. The Morgan fingerprint density at radius 1 is 1.33 bits per heavy atom. The zero-order valence-corrected chi connectivity index (χ0v) is 10.6. The van der Waals surface area contributed by atoms with Crippen molar-refractivity contribution in [2.24, 2.45) is 0 Å².